The van der Waals surface area contributed by atoms with Crippen LogP contribution in [0.5, 0.6) is 0 Å². The standard InChI is InChI=1S/C32H26NO.C15H16N.Ir/c1-20-19-33-30(17-27(20)21-8-3-2-4-9-21)26-13-7-12-25-29-16-23-15-14-22-10-5-6-11-24(22)28(23)18-31(29)34-32(25)26;1-15(2,3)13-9-10-16-14(11-13)12-7-5-4-6-8-12;/h5-7,10-12,14-19,21H,2-4,8-9H2,1H3;4-7,9-11H,1-3H3;/q2*-1;/i1D3,21D;;. The fraction of sp³-hybridized carbons (Fsp3) is 0.234. The van der Waals surface area contributed by atoms with Gasteiger partial charge in [-0.05, 0) is 98.8 Å². The number of fused-ring (bicyclic) bond motifs is 6. The molecule has 1 fully saturated rings. The quantitative estimate of drug-likeness (QED) is 0.131. The van der Waals surface area contributed by atoms with E-state index in [1.54, 1.807) is 0 Å². The van der Waals surface area contributed by atoms with E-state index < -0.39 is 12.7 Å². The zero-order valence-electron chi connectivity index (χ0n) is 33.1. The fourth-order valence-electron chi connectivity index (χ4n) is 7.16. The molecule has 3 aromatic heterocycles. The number of rotatable bonds is 3. The van der Waals surface area contributed by atoms with Crippen LogP contribution < -0.4 is 0 Å². The first-order valence-electron chi connectivity index (χ1n) is 19.5. The summed E-state index contributed by atoms with van der Waals surface area (Å²) in [5.41, 5.74) is 6.96. The van der Waals surface area contributed by atoms with Crippen LogP contribution in [0.2, 0.25) is 0 Å². The molecule has 4 heteroatoms. The summed E-state index contributed by atoms with van der Waals surface area (Å²) in [5.74, 6) is -0.930. The Morgan fingerprint density at radius 1 is 0.745 bits per heavy atom. The van der Waals surface area contributed by atoms with Crippen molar-refractivity contribution in [1.29, 1.82) is 0 Å². The average Bonchev–Trinajstić information content (AvgIpc) is 3.55. The number of aryl methyl sites for hydroxylation is 1. The van der Waals surface area contributed by atoms with Crippen molar-refractivity contribution in [1.82, 2.24) is 9.97 Å². The van der Waals surface area contributed by atoms with Crippen LogP contribution in [0, 0.1) is 19.0 Å². The molecular weight excluding hydrogens is 801 g/mol. The van der Waals surface area contributed by atoms with Gasteiger partial charge in [0, 0.05) is 43.4 Å². The topological polar surface area (TPSA) is 38.9 Å². The van der Waals surface area contributed by atoms with Crippen LogP contribution in [0.15, 0.2) is 120 Å². The van der Waals surface area contributed by atoms with E-state index in [1.807, 2.05) is 54.7 Å². The van der Waals surface area contributed by atoms with Crippen molar-refractivity contribution >= 4 is 43.5 Å². The van der Waals surface area contributed by atoms with Crippen molar-refractivity contribution in [3.63, 3.8) is 0 Å². The number of pyridine rings is 2. The second-order valence-electron chi connectivity index (χ2n) is 14.3. The van der Waals surface area contributed by atoms with Gasteiger partial charge in [-0.15, -0.1) is 54.1 Å². The Labute approximate surface area is 320 Å². The van der Waals surface area contributed by atoms with Gasteiger partial charge >= 0.3 is 0 Å². The molecule has 0 saturated heterocycles. The fourth-order valence-corrected chi connectivity index (χ4v) is 7.16. The Morgan fingerprint density at radius 2 is 1.57 bits per heavy atom. The zero-order chi connectivity index (χ0) is 37.7. The molecule has 51 heavy (non-hydrogen) atoms. The normalized spacial score (nSPS) is 15.7. The first kappa shape index (κ1) is 30.0. The molecule has 3 nitrogen and oxygen atoms in total. The molecule has 1 saturated carbocycles. The molecule has 0 atom stereocenters. The average molecular weight is 847 g/mol. The van der Waals surface area contributed by atoms with E-state index in [4.69, 9.17) is 8.53 Å². The third-order valence-electron chi connectivity index (χ3n) is 9.91. The number of hydrogen-bond acceptors (Lipinski definition) is 3. The number of nitrogens with zero attached hydrogens (tertiary/aromatic N) is 2. The van der Waals surface area contributed by atoms with Gasteiger partial charge in [-0.3, -0.25) is 0 Å². The summed E-state index contributed by atoms with van der Waals surface area (Å²) in [4.78, 5) is 8.98. The van der Waals surface area contributed by atoms with Gasteiger partial charge in [-0.25, -0.2) is 0 Å². The summed E-state index contributed by atoms with van der Waals surface area (Å²) in [7, 11) is 0. The third-order valence-corrected chi connectivity index (χ3v) is 9.91. The summed E-state index contributed by atoms with van der Waals surface area (Å²) in [6.45, 7) is 4.30. The maximum atomic E-state index is 9.23. The third kappa shape index (κ3) is 7.01. The minimum Gasteiger partial charge on any atom is -0.501 e. The van der Waals surface area contributed by atoms with Crippen LogP contribution in [-0.4, -0.2) is 9.97 Å². The molecule has 0 N–H and O–H groups in total. The molecule has 0 amide bonds. The van der Waals surface area contributed by atoms with Crippen molar-refractivity contribution in [3.8, 4) is 22.5 Å². The van der Waals surface area contributed by atoms with Crippen molar-refractivity contribution in [2.75, 3.05) is 0 Å². The van der Waals surface area contributed by atoms with Gasteiger partial charge in [-0.2, -0.15) is 0 Å². The second kappa shape index (κ2) is 14.5. The maximum Gasteiger partial charge on any atom is 0.121 e. The van der Waals surface area contributed by atoms with Gasteiger partial charge in [0.05, 0.1) is 5.58 Å². The van der Waals surface area contributed by atoms with Gasteiger partial charge in [0.1, 0.15) is 5.58 Å². The van der Waals surface area contributed by atoms with Crippen LogP contribution >= 0.6 is 0 Å². The molecule has 0 aliphatic heterocycles. The number of hydrogen-bond donors (Lipinski definition) is 0. The van der Waals surface area contributed by atoms with Gasteiger partial charge in [0.2, 0.25) is 0 Å². The molecule has 3 heterocycles. The molecule has 9 rings (SSSR count). The molecule has 0 spiro atoms. The minimum atomic E-state index is -2.33. The Bertz CT molecular complexity index is 2640. The zero-order valence-corrected chi connectivity index (χ0v) is 31.5. The Hall–Kier alpha value is -4.63. The molecule has 5 aromatic carbocycles. The first-order chi connectivity index (χ1) is 25.9. The van der Waals surface area contributed by atoms with Gasteiger partial charge in [0.15, 0.2) is 0 Å². The Balaban J connectivity index is 0.000000231. The van der Waals surface area contributed by atoms with E-state index in [9.17, 15) is 1.37 Å². The summed E-state index contributed by atoms with van der Waals surface area (Å²) in [6.07, 6.45) is 7.55. The summed E-state index contributed by atoms with van der Waals surface area (Å²) >= 11 is 0. The predicted octanol–water partition coefficient (Wildman–Crippen LogP) is 13.0. The van der Waals surface area contributed by atoms with Gasteiger partial charge < -0.3 is 14.4 Å². The second-order valence-corrected chi connectivity index (χ2v) is 14.3. The molecule has 1 aliphatic carbocycles. The maximum absolute atomic E-state index is 9.23. The smallest absolute Gasteiger partial charge is 0.121 e. The summed E-state index contributed by atoms with van der Waals surface area (Å²) in [6, 6.07) is 41.2. The Kier molecular flexibility index (Phi) is 8.57. The first-order valence-corrected chi connectivity index (χ1v) is 17.5. The van der Waals surface area contributed by atoms with E-state index in [1.165, 1.54) is 22.5 Å². The van der Waals surface area contributed by atoms with Crippen molar-refractivity contribution in [2.24, 2.45) is 0 Å². The van der Waals surface area contributed by atoms with Crippen molar-refractivity contribution in [2.45, 2.75) is 71.0 Å². The van der Waals surface area contributed by atoms with Crippen molar-refractivity contribution in [3.05, 3.63) is 144 Å². The van der Waals surface area contributed by atoms with E-state index in [-0.39, 0.29) is 31.1 Å². The predicted molar refractivity (Wildman–Crippen MR) is 209 cm³/mol. The molecule has 8 aromatic rings. The van der Waals surface area contributed by atoms with Crippen LogP contribution in [0.25, 0.3) is 66.0 Å². The minimum absolute atomic E-state index is 0. The Morgan fingerprint density at radius 3 is 2.37 bits per heavy atom. The molecule has 1 aliphatic rings. The van der Waals surface area contributed by atoms with Crippen LogP contribution in [0.1, 0.15) is 80.9 Å². The molecule has 1 radical (unpaired) electrons. The van der Waals surface area contributed by atoms with Crippen LogP contribution in [0.4, 0.5) is 0 Å². The van der Waals surface area contributed by atoms with E-state index in [0.29, 0.717) is 35.2 Å². The molecule has 0 bridgehead atoms. The number of aromatic nitrogens is 2. The van der Waals surface area contributed by atoms with Gasteiger partial charge in [0.25, 0.3) is 0 Å². The number of furan rings is 1. The SMILES string of the molecule is CC(C)(C)c1ccnc(-c2[c-]cccc2)c1.[2H]C([2H])([2H])c1cnc(-c2[c-]ccc3c2oc2cc4c(ccc5ccccc54)cc23)cc1C1([2H])CCCCC1.[Ir]. The summed E-state index contributed by atoms with van der Waals surface area (Å²) in [5, 5.41) is 6.62. The van der Waals surface area contributed by atoms with Crippen LogP contribution in [0.3, 0.4) is 0 Å². The molecule has 0 unspecified atom stereocenters. The van der Waals surface area contributed by atoms with Crippen LogP contribution in [-0.2, 0) is 25.5 Å². The van der Waals surface area contributed by atoms with Crippen molar-refractivity contribution < 1.29 is 30.0 Å². The van der Waals surface area contributed by atoms with E-state index >= 15 is 0 Å². The molecular formula is C47H42IrN2O-2. The van der Waals surface area contributed by atoms with E-state index in [2.05, 4.69) is 97.5 Å². The summed E-state index contributed by atoms with van der Waals surface area (Å²) < 4.78 is 40.0. The number of benzene rings is 5. The molecule has 257 valence electrons. The van der Waals surface area contributed by atoms with E-state index in [0.717, 1.165) is 57.6 Å². The largest absolute Gasteiger partial charge is 0.501 e. The monoisotopic (exact) mass is 847 g/mol. The van der Waals surface area contributed by atoms with Gasteiger partial charge in [-0.1, -0.05) is 99.5 Å².